The minimum absolute atomic E-state index is 0.275. The quantitative estimate of drug-likeness (QED) is 0.792. The van der Waals surface area contributed by atoms with Crippen molar-refractivity contribution in [3.8, 4) is 0 Å². The average molecular weight is 292 g/mol. The van der Waals surface area contributed by atoms with Gasteiger partial charge in [-0.2, -0.15) is 0 Å². The first-order chi connectivity index (χ1) is 9.97. The van der Waals surface area contributed by atoms with E-state index in [9.17, 15) is 9.59 Å². The number of carbonyl (C=O) groups is 2. The van der Waals surface area contributed by atoms with Gasteiger partial charge in [0.15, 0.2) is 0 Å². The first kappa shape index (κ1) is 17.0. The van der Waals surface area contributed by atoms with Crippen LogP contribution in [-0.2, 0) is 16.0 Å². The number of hydrogen-bond acceptors (Lipinski definition) is 3. The summed E-state index contributed by atoms with van der Waals surface area (Å²) in [5, 5.41) is 5.46. The molecule has 0 aliphatic rings. The molecule has 5 nitrogen and oxygen atoms in total. The van der Waals surface area contributed by atoms with E-state index < -0.39 is 18.0 Å². The van der Waals surface area contributed by atoms with Crippen LogP contribution in [0.3, 0.4) is 0 Å². The summed E-state index contributed by atoms with van der Waals surface area (Å²) in [4.78, 5) is 23.8. The number of aryl methyl sites for hydroxylation is 1. The molecule has 0 radical (unpaired) electrons. The van der Waals surface area contributed by atoms with E-state index in [1.165, 1.54) is 7.11 Å². The molecule has 0 saturated heterocycles. The molecule has 116 valence electrons. The highest BCUT2D eigenvalue weighted by molar-refractivity contribution is 5.93. The number of esters is 1. The highest BCUT2D eigenvalue weighted by atomic mass is 16.5. The Morgan fingerprint density at radius 3 is 2.48 bits per heavy atom. The summed E-state index contributed by atoms with van der Waals surface area (Å²) < 4.78 is 4.73. The van der Waals surface area contributed by atoms with Crippen LogP contribution >= 0.6 is 0 Å². The summed E-state index contributed by atoms with van der Waals surface area (Å²) in [6.45, 7) is 6.00. The Morgan fingerprint density at radius 1 is 1.24 bits per heavy atom. The van der Waals surface area contributed by atoms with Gasteiger partial charge in [0, 0.05) is 5.69 Å². The van der Waals surface area contributed by atoms with E-state index in [1.807, 2.05) is 45.0 Å². The van der Waals surface area contributed by atoms with E-state index in [0.717, 1.165) is 17.7 Å². The van der Waals surface area contributed by atoms with Crippen LogP contribution in [0.2, 0.25) is 0 Å². The van der Waals surface area contributed by atoms with Crippen molar-refractivity contribution in [2.45, 2.75) is 39.7 Å². The lowest BCUT2D eigenvalue weighted by molar-refractivity contribution is -0.143. The Labute approximate surface area is 126 Å². The van der Waals surface area contributed by atoms with Crippen molar-refractivity contribution in [2.75, 3.05) is 12.4 Å². The monoisotopic (exact) mass is 292 g/mol. The van der Waals surface area contributed by atoms with Gasteiger partial charge in [-0.15, -0.1) is 0 Å². The molecule has 5 heteroatoms. The molecule has 0 saturated carbocycles. The Kier molecular flexibility index (Phi) is 6.72. The second-order valence-corrected chi connectivity index (χ2v) is 5.31. The molecular formula is C16H24N2O3. The molecule has 0 aliphatic carbocycles. The molecule has 2 N–H and O–H groups in total. The van der Waals surface area contributed by atoms with E-state index in [-0.39, 0.29) is 5.92 Å². The van der Waals surface area contributed by atoms with Crippen LogP contribution in [0, 0.1) is 5.92 Å². The number of amides is 2. The average Bonchev–Trinajstić information content (AvgIpc) is 2.45. The van der Waals surface area contributed by atoms with Gasteiger partial charge in [0.2, 0.25) is 0 Å². The van der Waals surface area contributed by atoms with Crippen LogP contribution in [0.1, 0.15) is 32.8 Å². The Hall–Kier alpha value is -2.04. The van der Waals surface area contributed by atoms with Crippen molar-refractivity contribution in [1.82, 2.24) is 5.32 Å². The van der Waals surface area contributed by atoms with Crippen LogP contribution in [0.5, 0.6) is 0 Å². The third kappa shape index (κ3) is 5.45. The fraction of sp³-hybridized carbons (Fsp3) is 0.500. The highest BCUT2D eigenvalue weighted by Gasteiger charge is 2.22. The minimum atomic E-state index is -0.635. The maximum absolute atomic E-state index is 12.1. The van der Waals surface area contributed by atoms with Crippen molar-refractivity contribution in [3.63, 3.8) is 0 Å². The van der Waals surface area contributed by atoms with Crippen molar-refractivity contribution in [1.29, 1.82) is 0 Å². The van der Waals surface area contributed by atoms with Gasteiger partial charge in [0.25, 0.3) is 0 Å². The normalized spacial score (nSPS) is 11.9. The molecule has 1 aromatic carbocycles. The van der Waals surface area contributed by atoms with E-state index in [1.54, 1.807) is 0 Å². The van der Waals surface area contributed by atoms with Gasteiger partial charge in [0.05, 0.1) is 7.11 Å². The number of hydrogen-bond donors (Lipinski definition) is 2. The van der Waals surface area contributed by atoms with Crippen LogP contribution in [0.4, 0.5) is 10.5 Å². The molecule has 0 bridgehead atoms. The summed E-state index contributed by atoms with van der Waals surface area (Å²) in [6, 6.07) is 6.56. The SMILES string of the molecule is CCc1ccccc1NC(=O)N[C@@H](CC(C)C)C(=O)OC. The number of anilines is 1. The number of ether oxygens (including phenoxy) is 1. The molecule has 0 fully saturated rings. The minimum Gasteiger partial charge on any atom is -0.467 e. The highest BCUT2D eigenvalue weighted by Crippen LogP contribution is 2.15. The van der Waals surface area contributed by atoms with Gasteiger partial charge < -0.3 is 15.4 Å². The zero-order valence-electron chi connectivity index (χ0n) is 13.1. The zero-order chi connectivity index (χ0) is 15.8. The number of rotatable bonds is 6. The van der Waals surface area contributed by atoms with E-state index in [0.29, 0.717) is 6.42 Å². The Morgan fingerprint density at radius 2 is 1.90 bits per heavy atom. The molecule has 0 heterocycles. The van der Waals surface area contributed by atoms with Gasteiger partial charge in [-0.3, -0.25) is 0 Å². The smallest absolute Gasteiger partial charge is 0.328 e. The van der Waals surface area contributed by atoms with Crippen molar-refractivity contribution in [2.24, 2.45) is 5.92 Å². The number of nitrogens with one attached hydrogen (secondary N) is 2. The Balaban J connectivity index is 2.71. The third-order valence-corrected chi connectivity index (χ3v) is 3.14. The van der Waals surface area contributed by atoms with Crippen molar-refractivity contribution < 1.29 is 14.3 Å². The number of carbonyl (C=O) groups excluding carboxylic acids is 2. The van der Waals surface area contributed by atoms with E-state index in [2.05, 4.69) is 10.6 Å². The van der Waals surface area contributed by atoms with Crippen LogP contribution in [-0.4, -0.2) is 25.2 Å². The third-order valence-electron chi connectivity index (χ3n) is 3.14. The number of para-hydroxylation sites is 1. The molecule has 1 rings (SSSR count). The van der Waals surface area contributed by atoms with Gasteiger partial charge >= 0.3 is 12.0 Å². The first-order valence-electron chi connectivity index (χ1n) is 7.21. The molecule has 21 heavy (non-hydrogen) atoms. The Bertz CT molecular complexity index is 486. The summed E-state index contributed by atoms with van der Waals surface area (Å²) >= 11 is 0. The molecule has 0 aliphatic heterocycles. The van der Waals surface area contributed by atoms with Crippen LogP contribution in [0.25, 0.3) is 0 Å². The first-order valence-corrected chi connectivity index (χ1v) is 7.21. The lowest BCUT2D eigenvalue weighted by Gasteiger charge is -2.19. The number of methoxy groups -OCH3 is 1. The van der Waals surface area contributed by atoms with Gasteiger partial charge in [-0.1, -0.05) is 39.0 Å². The predicted octanol–water partition coefficient (Wildman–Crippen LogP) is 2.96. The lowest BCUT2D eigenvalue weighted by Crippen LogP contribution is -2.44. The summed E-state index contributed by atoms with van der Waals surface area (Å²) in [5.74, 6) is -0.153. The van der Waals surface area contributed by atoms with Crippen molar-refractivity contribution >= 4 is 17.7 Å². The van der Waals surface area contributed by atoms with Gasteiger partial charge in [0.1, 0.15) is 6.04 Å². The topological polar surface area (TPSA) is 67.4 Å². The van der Waals surface area contributed by atoms with Crippen LogP contribution < -0.4 is 10.6 Å². The zero-order valence-corrected chi connectivity index (χ0v) is 13.1. The maximum Gasteiger partial charge on any atom is 0.328 e. The van der Waals surface area contributed by atoms with E-state index >= 15 is 0 Å². The van der Waals surface area contributed by atoms with Gasteiger partial charge in [-0.05, 0) is 30.4 Å². The molecular weight excluding hydrogens is 268 g/mol. The largest absolute Gasteiger partial charge is 0.467 e. The second-order valence-electron chi connectivity index (χ2n) is 5.31. The molecule has 1 atom stereocenters. The second kappa shape index (κ2) is 8.29. The summed E-state index contributed by atoms with van der Waals surface area (Å²) in [7, 11) is 1.32. The molecule has 1 aromatic rings. The van der Waals surface area contributed by atoms with Gasteiger partial charge in [-0.25, -0.2) is 9.59 Å². The van der Waals surface area contributed by atoms with Crippen LogP contribution in [0.15, 0.2) is 24.3 Å². The number of urea groups is 1. The van der Waals surface area contributed by atoms with Crippen molar-refractivity contribution in [3.05, 3.63) is 29.8 Å². The lowest BCUT2D eigenvalue weighted by atomic mass is 10.0. The number of benzene rings is 1. The molecule has 0 spiro atoms. The maximum atomic E-state index is 12.1. The van der Waals surface area contributed by atoms with E-state index in [4.69, 9.17) is 4.74 Å². The summed E-state index contributed by atoms with van der Waals surface area (Å²) in [5.41, 5.74) is 1.80. The fourth-order valence-corrected chi connectivity index (χ4v) is 2.09. The molecule has 0 aromatic heterocycles. The fourth-order valence-electron chi connectivity index (χ4n) is 2.09. The molecule has 0 unspecified atom stereocenters. The summed E-state index contributed by atoms with van der Waals surface area (Å²) in [6.07, 6.45) is 1.36. The molecule has 2 amide bonds. The predicted molar refractivity (Wildman–Crippen MR) is 83.2 cm³/mol. The standard InChI is InChI=1S/C16H24N2O3/c1-5-12-8-6-7-9-13(12)17-16(20)18-14(10-11(2)3)15(19)21-4/h6-9,11,14H,5,10H2,1-4H3,(H2,17,18,20)/t14-/m0/s1.